The number of hydrogen-bond acceptors (Lipinski definition) is 5. The summed E-state index contributed by atoms with van der Waals surface area (Å²) < 4.78 is 13.3. The SMILES string of the molecule is Fc1ccc(-c2csc3ncnc(N[C@H]4CCN(Cc5ccccc5)C4)c23)cc1. The summed E-state index contributed by atoms with van der Waals surface area (Å²) in [6.45, 7) is 3.02. The van der Waals surface area contributed by atoms with Gasteiger partial charge in [0.05, 0.1) is 5.39 Å². The summed E-state index contributed by atoms with van der Waals surface area (Å²) in [5, 5.41) is 6.74. The van der Waals surface area contributed by atoms with Gasteiger partial charge in [-0.25, -0.2) is 14.4 Å². The summed E-state index contributed by atoms with van der Waals surface area (Å²) in [7, 11) is 0. The molecule has 4 nitrogen and oxygen atoms in total. The van der Waals surface area contributed by atoms with E-state index in [1.54, 1.807) is 17.7 Å². The van der Waals surface area contributed by atoms with E-state index in [-0.39, 0.29) is 5.82 Å². The van der Waals surface area contributed by atoms with Gasteiger partial charge in [-0.15, -0.1) is 11.3 Å². The Bertz CT molecular complexity index is 1110. The second-order valence-electron chi connectivity index (χ2n) is 7.41. The van der Waals surface area contributed by atoms with Gasteiger partial charge in [0.1, 0.15) is 22.8 Å². The minimum Gasteiger partial charge on any atom is -0.365 e. The van der Waals surface area contributed by atoms with Gasteiger partial charge in [0.15, 0.2) is 0 Å². The van der Waals surface area contributed by atoms with Crippen molar-refractivity contribution in [2.24, 2.45) is 0 Å². The first-order valence-corrected chi connectivity index (χ1v) is 10.7. The molecule has 2 aromatic heterocycles. The second kappa shape index (κ2) is 7.89. The molecule has 0 spiro atoms. The number of rotatable bonds is 5. The summed E-state index contributed by atoms with van der Waals surface area (Å²) in [4.78, 5) is 12.4. The quantitative estimate of drug-likeness (QED) is 0.497. The third-order valence-electron chi connectivity index (χ3n) is 5.39. The fraction of sp³-hybridized carbons (Fsp3) is 0.217. The Morgan fingerprint density at radius 3 is 2.72 bits per heavy atom. The topological polar surface area (TPSA) is 41.1 Å². The van der Waals surface area contributed by atoms with Crippen LogP contribution < -0.4 is 5.32 Å². The van der Waals surface area contributed by atoms with Crippen molar-refractivity contribution in [3.63, 3.8) is 0 Å². The fourth-order valence-electron chi connectivity index (χ4n) is 3.96. The van der Waals surface area contributed by atoms with E-state index in [0.29, 0.717) is 6.04 Å². The zero-order chi connectivity index (χ0) is 19.6. The van der Waals surface area contributed by atoms with Crippen molar-refractivity contribution in [1.82, 2.24) is 14.9 Å². The van der Waals surface area contributed by atoms with Crippen LogP contribution in [0.15, 0.2) is 66.3 Å². The standard InChI is InChI=1S/C23H21FN4S/c24-18-8-6-17(7-9-18)20-14-29-23-21(20)22(25-15-26-23)27-19-10-11-28(13-19)12-16-4-2-1-3-5-16/h1-9,14-15,19H,10-13H2,(H,25,26,27)/t19-/m0/s1. The molecular formula is C23H21FN4S. The van der Waals surface area contributed by atoms with Crippen LogP contribution in [0.4, 0.5) is 10.2 Å². The van der Waals surface area contributed by atoms with E-state index in [1.807, 2.05) is 12.1 Å². The molecule has 29 heavy (non-hydrogen) atoms. The number of halogens is 1. The third kappa shape index (κ3) is 3.86. The predicted octanol–water partition coefficient (Wildman–Crippen LogP) is 5.18. The van der Waals surface area contributed by atoms with Crippen LogP contribution in [0.25, 0.3) is 21.3 Å². The number of fused-ring (bicyclic) bond motifs is 1. The zero-order valence-electron chi connectivity index (χ0n) is 15.9. The number of aromatic nitrogens is 2. The largest absolute Gasteiger partial charge is 0.365 e. The molecule has 146 valence electrons. The van der Waals surface area contributed by atoms with Crippen LogP contribution in [-0.2, 0) is 6.54 Å². The van der Waals surface area contributed by atoms with E-state index in [0.717, 1.165) is 53.2 Å². The molecule has 0 saturated carbocycles. The molecule has 2 aromatic carbocycles. The molecule has 1 aliphatic heterocycles. The summed E-state index contributed by atoms with van der Waals surface area (Å²) in [6.07, 6.45) is 2.70. The lowest BCUT2D eigenvalue weighted by molar-refractivity contribution is 0.328. The van der Waals surface area contributed by atoms with Crippen LogP contribution in [0.1, 0.15) is 12.0 Å². The number of anilines is 1. The summed E-state index contributed by atoms with van der Waals surface area (Å²) in [6, 6.07) is 17.5. The lowest BCUT2D eigenvalue weighted by atomic mass is 10.1. The maximum absolute atomic E-state index is 13.3. The molecule has 0 radical (unpaired) electrons. The van der Waals surface area contributed by atoms with Crippen LogP contribution in [0.5, 0.6) is 0 Å². The maximum Gasteiger partial charge on any atom is 0.139 e. The number of likely N-dealkylation sites (tertiary alicyclic amines) is 1. The van der Waals surface area contributed by atoms with Gasteiger partial charge in [0, 0.05) is 36.6 Å². The van der Waals surface area contributed by atoms with E-state index >= 15 is 0 Å². The second-order valence-corrected chi connectivity index (χ2v) is 8.27. The third-order valence-corrected chi connectivity index (χ3v) is 6.27. The van der Waals surface area contributed by atoms with E-state index in [2.05, 4.69) is 55.9 Å². The van der Waals surface area contributed by atoms with Crippen molar-refractivity contribution in [2.45, 2.75) is 19.0 Å². The molecule has 6 heteroatoms. The molecule has 0 amide bonds. The molecule has 5 rings (SSSR count). The van der Waals surface area contributed by atoms with Gasteiger partial charge < -0.3 is 5.32 Å². The number of benzene rings is 2. The Labute approximate surface area is 173 Å². The number of hydrogen-bond donors (Lipinski definition) is 1. The highest BCUT2D eigenvalue weighted by atomic mass is 32.1. The Balaban J connectivity index is 1.37. The van der Waals surface area contributed by atoms with Crippen molar-refractivity contribution in [3.05, 3.63) is 77.7 Å². The average molecular weight is 405 g/mol. The van der Waals surface area contributed by atoms with Crippen LogP contribution >= 0.6 is 11.3 Å². The summed E-state index contributed by atoms with van der Waals surface area (Å²) in [5.74, 6) is 0.634. The first kappa shape index (κ1) is 18.2. The Hall–Kier alpha value is -2.83. The highest BCUT2D eigenvalue weighted by Gasteiger charge is 2.24. The normalized spacial score (nSPS) is 17.1. The zero-order valence-corrected chi connectivity index (χ0v) is 16.7. The smallest absolute Gasteiger partial charge is 0.139 e. The molecule has 1 atom stereocenters. The molecule has 0 aliphatic carbocycles. The van der Waals surface area contributed by atoms with Crippen molar-refractivity contribution in [2.75, 3.05) is 18.4 Å². The highest BCUT2D eigenvalue weighted by Crippen LogP contribution is 2.37. The van der Waals surface area contributed by atoms with Gasteiger partial charge in [-0.3, -0.25) is 4.90 Å². The average Bonchev–Trinajstić information content (AvgIpc) is 3.37. The molecule has 3 heterocycles. The molecule has 1 N–H and O–H groups in total. The number of nitrogens with one attached hydrogen (secondary N) is 1. The predicted molar refractivity (Wildman–Crippen MR) is 117 cm³/mol. The van der Waals surface area contributed by atoms with Gasteiger partial charge in [0.2, 0.25) is 0 Å². The van der Waals surface area contributed by atoms with Crippen molar-refractivity contribution in [3.8, 4) is 11.1 Å². The van der Waals surface area contributed by atoms with E-state index < -0.39 is 0 Å². The Kier molecular flexibility index (Phi) is 4.96. The van der Waals surface area contributed by atoms with Crippen LogP contribution in [0, 0.1) is 5.82 Å². The van der Waals surface area contributed by atoms with Gasteiger partial charge >= 0.3 is 0 Å². The van der Waals surface area contributed by atoms with E-state index in [1.165, 1.54) is 17.7 Å². The molecule has 0 unspecified atom stereocenters. The van der Waals surface area contributed by atoms with Crippen molar-refractivity contribution < 1.29 is 4.39 Å². The minimum atomic E-state index is -0.229. The summed E-state index contributed by atoms with van der Waals surface area (Å²) >= 11 is 1.59. The van der Waals surface area contributed by atoms with E-state index in [9.17, 15) is 4.39 Å². The van der Waals surface area contributed by atoms with Crippen molar-refractivity contribution >= 4 is 27.4 Å². The number of nitrogens with zero attached hydrogens (tertiary/aromatic N) is 3. The molecule has 1 saturated heterocycles. The Morgan fingerprint density at radius 2 is 1.90 bits per heavy atom. The molecule has 0 bridgehead atoms. The van der Waals surface area contributed by atoms with Crippen LogP contribution in [0.2, 0.25) is 0 Å². The van der Waals surface area contributed by atoms with Gasteiger partial charge in [-0.1, -0.05) is 42.5 Å². The first-order chi connectivity index (χ1) is 14.3. The lowest BCUT2D eigenvalue weighted by Gasteiger charge is -2.17. The highest BCUT2D eigenvalue weighted by molar-refractivity contribution is 7.17. The molecule has 1 fully saturated rings. The van der Waals surface area contributed by atoms with Gasteiger partial charge in [-0.05, 0) is 29.7 Å². The summed E-state index contributed by atoms with van der Waals surface area (Å²) in [5.41, 5.74) is 3.37. The monoisotopic (exact) mass is 404 g/mol. The first-order valence-electron chi connectivity index (χ1n) is 9.77. The minimum absolute atomic E-state index is 0.229. The van der Waals surface area contributed by atoms with Gasteiger partial charge in [0.25, 0.3) is 0 Å². The van der Waals surface area contributed by atoms with Crippen LogP contribution in [-0.4, -0.2) is 34.0 Å². The number of thiophene rings is 1. The van der Waals surface area contributed by atoms with E-state index in [4.69, 9.17) is 0 Å². The van der Waals surface area contributed by atoms with Crippen molar-refractivity contribution in [1.29, 1.82) is 0 Å². The Morgan fingerprint density at radius 1 is 1.07 bits per heavy atom. The van der Waals surface area contributed by atoms with Gasteiger partial charge in [-0.2, -0.15) is 0 Å². The fourth-order valence-corrected chi connectivity index (χ4v) is 4.87. The molecular weight excluding hydrogens is 383 g/mol. The maximum atomic E-state index is 13.3. The van der Waals surface area contributed by atoms with Crippen LogP contribution in [0.3, 0.4) is 0 Å². The molecule has 1 aliphatic rings. The lowest BCUT2D eigenvalue weighted by Crippen LogP contribution is -2.26. The molecule has 4 aromatic rings.